The maximum absolute atomic E-state index is 6.06. The van der Waals surface area contributed by atoms with Crippen molar-refractivity contribution in [3.63, 3.8) is 0 Å². The summed E-state index contributed by atoms with van der Waals surface area (Å²) in [5.41, 5.74) is 6.64. The summed E-state index contributed by atoms with van der Waals surface area (Å²) in [7, 11) is 1.58. The second kappa shape index (κ2) is 10.9. The Balaban J connectivity index is 0.00000264. The molecule has 0 saturated heterocycles. The van der Waals surface area contributed by atoms with Crippen molar-refractivity contribution in [2.24, 2.45) is 10.7 Å². The van der Waals surface area contributed by atoms with E-state index in [1.54, 1.807) is 19.2 Å². The molecule has 0 aliphatic heterocycles. The molecule has 2 rings (SSSR count). The molecule has 1 aromatic carbocycles. The molecular weight excluding hydrogens is 429 g/mol. The minimum atomic E-state index is 0. The van der Waals surface area contributed by atoms with Gasteiger partial charge in [0.1, 0.15) is 5.75 Å². The van der Waals surface area contributed by atoms with Gasteiger partial charge >= 0.3 is 0 Å². The summed E-state index contributed by atoms with van der Waals surface area (Å²) in [4.78, 5) is 4.28. The third-order valence-electron chi connectivity index (χ3n) is 3.66. The molecule has 3 N–H and O–H groups in total. The first-order valence-electron chi connectivity index (χ1n) is 7.71. The molecule has 0 radical (unpaired) electrons. The Morgan fingerprint density at radius 2 is 2.13 bits per heavy atom. The molecule has 0 aromatic heterocycles. The Labute approximate surface area is 160 Å². The van der Waals surface area contributed by atoms with Crippen molar-refractivity contribution in [2.75, 3.05) is 25.6 Å². The highest BCUT2D eigenvalue weighted by atomic mass is 127. The van der Waals surface area contributed by atoms with Crippen LogP contribution in [0.3, 0.4) is 0 Å². The number of halogens is 2. The van der Waals surface area contributed by atoms with E-state index in [9.17, 15) is 0 Å². The third kappa shape index (κ3) is 7.14. The highest BCUT2D eigenvalue weighted by molar-refractivity contribution is 14.0. The van der Waals surface area contributed by atoms with Crippen LogP contribution in [0.15, 0.2) is 23.2 Å². The minimum Gasteiger partial charge on any atom is -0.495 e. The van der Waals surface area contributed by atoms with E-state index in [-0.39, 0.29) is 24.0 Å². The van der Waals surface area contributed by atoms with Gasteiger partial charge in [0, 0.05) is 18.8 Å². The summed E-state index contributed by atoms with van der Waals surface area (Å²) < 4.78 is 10.9. The molecule has 0 spiro atoms. The van der Waals surface area contributed by atoms with Crippen LogP contribution in [0, 0.1) is 0 Å². The predicted octanol–water partition coefficient (Wildman–Crippen LogP) is 4.04. The molecular formula is C16H25ClIN3O2. The number of ether oxygens (including phenoxy) is 2. The third-order valence-corrected chi connectivity index (χ3v) is 3.96. The van der Waals surface area contributed by atoms with Gasteiger partial charge in [-0.25, -0.2) is 0 Å². The van der Waals surface area contributed by atoms with Crippen molar-refractivity contribution in [1.82, 2.24) is 0 Å². The Kier molecular flexibility index (Phi) is 9.66. The van der Waals surface area contributed by atoms with Gasteiger partial charge in [-0.05, 0) is 37.5 Å². The summed E-state index contributed by atoms with van der Waals surface area (Å²) in [5.74, 6) is 1.01. The van der Waals surface area contributed by atoms with Crippen LogP contribution >= 0.6 is 35.6 Å². The van der Waals surface area contributed by atoms with Crippen molar-refractivity contribution in [2.45, 2.75) is 38.2 Å². The maximum atomic E-state index is 6.06. The van der Waals surface area contributed by atoms with Gasteiger partial charge in [0.15, 0.2) is 5.96 Å². The monoisotopic (exact) mass is 453 g/mol. The van der Waals surface area contributed by atoms with E-state index in [1.807, 2.05) is 6.07 Å². The molecule has 7 heteroatoms. The van der Waals surface area contributed by atoms with Crippen LogP contribution in [0.25, 0.3) is 0 Å². The lowest BCUT2D eigenvalue weighted by Gasteiger charge is -2.10. The number of nitrogens with one attached hydrogen (secondary N) is 1. The number of hydrogen-bond acceptors (Lipinski definition) is 3. The lowest BCUT2D eigenvalue weighted by molar-refractivity contribution is 0.0579. The van der Waals surface area contributed by atoms with Gasteiger partial charge in [-0.2, -0.15) is 0 Å². The van der Waals surface area contributed by atoms with Gasteiger partial charge in [-0.1, -0.05) is 24.4 Å². The standard InChI is InChI=1S/C16H24ClN3O2.HI/c1-21-15-8-7-12(11-14(15)17)20-16(18)19-9-4-10-22-13-5-2-3-6-13;/h7-8,11,13H,2-6,9-10H2,1H3,(H3,18,19,20);1H. The molecule has 1 fully saturated rings. The van der Waals surface area contributed by atoms with Crippen molar-refractivity contribution >= 4 is 47.2 Å². The first kappa shape index (κ1) is 20.3. The van der Waals surface area contributed by atoms with E-state index in [1.165, 1.54) is 25.7 Å². The fraction of sp³-hybridized carbons (Fsp3) is 0.562. The maximum Gasteiger partial charge on any atom is 0.193 e. The average molecular weight is 454 g/mol. The number of rotatable bonds is 7. The summed E-state index contributed by atoms with van der Waals surface area (Å²) in [6, 6.07) is 5.38. The van der Waals surface area contributed by atoms with Crippen LogP contribution in [-0.4, -0.2) is 32.3 Å². The molecule has 5 nitrogen and oxygen atoms in total. The second-order valence-electron chi connectivity index (χ2n) is 5.37. The highest BCUT2D eigenvalue weighted by Crippen LogP contribution is 2.27. The molecule has 1 saturated carbocycles. The molecule has 0 atom stereocenters. The van der Waals surface area contributed by atoms with E-state index in [2.05, 4.69) is 10.3 Å². The Bertz CT molecular complexity index is 508. The number of benzene rings is 1. The number of guanidine groups is 1. The smallest absolute Gasteiger partial charge is 0.193 e. The molecule has 23 heavy (non-hydrogen) atoms. The van der Waals surface area contributed by atoms with E-state index in [4.69, 9.17) is 26.8 Å². The normalized spacial score (nSPS) is 15.3. The average Bonchev–Trinajstić information content (AvgIpc) is 3.00. The predicted molar refractivity (Wildman–Crippen MR) is 106 cm³/mol. The van der Waals surface area contributed by atoms with Gasteiger partial charge in [0.2, 0.25) is 0 Å². The van der Waals surface area contributed by atoms with Crippen LogP contribution in [-0.2, 0) is 4.74 Å². The fourth-order valence-corrected chi connectivity index (χ4v) is 2.76. The molecule has 0 unspecified atom stereocenters. The van der Waals surface area contributed by atoms with Crippen molar-refractivity contribution in [3.05, 3.63) is 23.2 Å². The zero-order valence-corrected chi connectivity index (χ0v) is 16.5. The van der Waals surface area contributed by atoms with E-state index in [0.717, 1.165) is 18.7 Å². The number of nitrogens with zero attached hydrogens (tertiary/aromatic N) is 1. The largest absolute Gasteiger partial charge is 0.495 e. The number of nitrogens with two attached hydrogens (primary N) is 1. The second-order valence-corrected chi connectivity index (χ2v) is 5.78. The van der Waals surface area contributed by atoms with Crippen LogP contribution in [0.4, 0.5) is 5.69 Å². The van der Waals surface area contributed by atoms with Crippen LogP contribution in [0.2, 0.25) is 5.02 Å². The molecule has 0 amide bonds. The van der Waals surface area contributed by atoms with Crippen molar-refractivity contribution in [3.8, 4) is 5.75 Å². The summed E-state index contributed by atoms with van der Waals surface area (Å²) >= 11 is 6.06. The Hall–Kier alpha value is -0.730. The van der Waals surface area contributed by atoms with Gasteiger partial charge in [0.25, 0.3) is 0 Å². The molecule has 0 bridgehead atoms. The molecule has 1 aliphatic carbocycles. The topological polar surface area (TPSA) is 68.9 Å². The summed E-state index contributed by atoms with van der Waals surface area (Å²) in [6.07, 6.45) is 6.33. The van der Waals surface area contributed by atoms with E-state index < -0.39 is 0 Å². The lowest BCUT2D eigenvalue weighted by atomic mass is 10.3. The SMILES string of the molecule is COc1ccc(NC(N)=NCCCOC2CCCC2)cc1Cl.I. The minimum absolute atomic E-state index is 0. The van der Waals surface area contributed by atoms with Crippen LogP contribution in [0.5, 0.6) is 5.75 Å². The quantitative estimate of drug-likeness (QED) is 0.283. The number of aliphatic imine (C=N–C) groups is 1. The van der Waals surface area contributed by atoms with Gasteiger partial charge in [0.05, 0.1) is 18.2 Å². The molecule has 1 aromatic rings. The Morgan fingerprint density at radius 1 is 1.39 bits per heavy atom. The van der Waals surface area contributed by atoms with Gasteiger partial charge < -0.3 is 20.5 Å². The lowest BCUT2D eigenvalue weighted by Crippen LogP contribution is -2.23. The van der Waals surface area contributed by atoms with Gasteiger partial charge in [-0.3, -0.25) is 4.99 Å². The molecule has 130 valence electrons. The molecule has 1 aliphatic rings. The van der Waals surface area contributed by atoms with Crippen molar-refractivity contribution in [1.29, 1.82) is 0 Å². The summed E-state index contributed by atoms with van der Waals surface area (Å²) in [5, 5.41) is 3.55. The van der Waals surface area contributed by atoms with Crippen molar-refractivity contribution < 1.29 is 9.47 Å². The summed E-state index contributed by atoms with van der Waals surface area (Å²) in [6.45, 7) is 1.39. The van der Waals surface area contributed by atoms with Crippen LogP contribution < -0.4 is 15.8 Å². The van der Waals surface area contributed by atoms with Gasteiger partial charge in [-0.15, -0.1) is 24.0 Å². The number of methoxy groups -OCH3 is 1. The first-order chi connectivity index (χ1) is 10.7. The van der Waals surface area contributed by atoms with E-state index >= 15 is 0 Å². The van der Waals surface area contributed by atoms with E-state index in [0.29, 0.717) is 29.4 Å². The fourth-order valence-electron chi connectivity index (χ4n) is 2.50. The number of hydrogen-bond donors (Lipinski definition) is 2. The molecule has 0 heterocycles. The van der Waals surface area contributed by atoms with Crippen LogP contribution in [0.1, 0.15) is 32.1 Å². The zero-order chi connectivity index (χ0) is 15.8. The highest BCUT2D eigenvalue weighted by Gasteiger charge is 2.14. The Morgan fingerprint density at radius 3 is 2.78 bits per heavy atom. The first-order valence-corrected chi connectivity index (χ1v) is 8.09. The number of anilines is 1. The zero-order valence-electron chi connectivity index (χ0n) is 13.4.